The van der Waals surface area contributed by atoms with Gasteiger partial charge < -0.3 is 14.4 Å². The summed E-state index contributed by atoms with van der Waals surface area (Å²) in [5.41, 5.74) is 0.0759. The second kappa shape index (κ2) is 6.04. The van der Waals surface area contributed by atoms with Crippen LogP contribution in [0.4, 0.5) is 0 Å². The van der Waals surface area contributed by atoms with E-state index in [4.69, 9.17) is 14.4 Å². The predicted molar refractivity (Wildman–Crippen MR) is 73.8 cm³/mol. The lowest BCUT2D eigenvalue weighted by atomic mass is 10.2. The molecule has 0 bridgehead atoms. The highest BCUT2D eigenvalue weighted by Gasteiger charge is 2.16. The highest BCUT2D eigenvalue weighted by atomic mass is 79.9. The van der Waals surface area contributed by atoms with E-state index in [0.29, 0.717) is 16.2 Å². The molecule has 0 saturated carbocycles. The molecule has 106 valence electrons. The molecule has 1 N–H and O–H groups in total. The summed E-state index contributed by atoms with van der Waals surface area (Å²) >= 11 is 3.26. The van der Waals surface area contributed by atoms with E-state index < -0.39 is 5.97 Å². The molecule has 6 nitrogen and oxygen atoms in total. The maximum Gasteiger partial charge on any atom is 0.339 e. The van der Waals surface area contributed by atoms with Crippen molar-refractivity contribution < 1.29 is 19.2 Å². The number of aromatic nitrogens is 2. The zero-order valence-electron chi connectivity index (χ0n) is 11.0. The Morgan fingerprint density at radius 3 is 2.85 bits per heavy atom. The van der Waals surface area contributed by atoms with Crippen molar-refractivity contribution in [3.05, 3.63) is 40.0 Å². The molecular formula is C13H13BrN2O4. The Kier molecular flexibility index (Phi) is 4.39. The Hall–Kier alpha value is -1.89. The molecule has 0 aliphatic carbocycles. The van der Waals surface area contributed by atoms with Gasteiger partial charge in [0.05, 0.1) is 4.47 Å². The Labute approximate surface area is 123 Å². The number of carboxylic acid groups (broad SMARTS) is 1. The van der Waals surface area contributed by atoms with Crippen molar-refractivity contribution in [3.63, 3.8) is 0 Å². The summed E-state index contributed by atoms with van der Waals surface area (Å²) in [6, 6.07) is 4.81. The largest absolute Gasteiger partial charge is 0.483 e. The summed E-state index contributed by atoms with van der Waals surface area (Å²) in [6.45, 7) is 3.92. The molecule has 0 spiro atoms. The van der Waals surface area contributed by atoms with E-state index in [2.05, 4.69) is 26.1 Å². The molecule has 0 amide bonds. The van der Waals surface area contributed by atoms with Crippen molar-refractivity contribution in [2.24, 2.45) is 0 Å². The monoisotopic (exact) mass is 340 g/mol. The minimum Gasteiger partial charge on any atom is -0.483 e. The van der Waals surface area contributed by atoms with Gasteiger partial charge in [-0.15, -0.1) is 0 Å². The zero-order valence-corrected chi connectivity index (χ0v) is 12.5. The van der Waals surface area contributed by atoms with E-state index in [0.717, 1.165) is 0 Å². The number of para-hydroxylation sites is 1. The highest BCUT2D eigenvalue weighted by Crippen LogP contribution is 2.29. The topological polar surface area (TPSA) is 85.5 Å². The maximum atomic E-state index is 11.1. The van der Waals surface area contributed by atoms with Gasteiger partial charge in [0.15, 0.2) is 6.61 Å². The highest BCUT2D eigenvalue weighted by molar-refractivity contribution is 9.10. The Bertz CT molecular complexity index is 625. The van der Waals surface area contributed by atoms with Crippen molar-refractivity contribution in [1.29, 1.82) is 0 Å². The second-order valence-corrected chi connectivity index (χ2v) is 5.27. The van der Waals surface area contributed by atoms with Gasteiger partial charge in [0.2, 0.25) is 11.7 Å². The third-order valence-corrected chi connectivity index (χ3v) is 3.15. The van der Waals surface area contributed by atoms with Gasteiger partial charge in [0.25, 0.3) is 0 Å². The van der Waals surface area contributed by atoms with Crippen molar-refractivity contribution in [2.45, 2.75) is 26.4 Å². The smallest absolute Gasteiger partial charge is 0.339 e. The first-order valence-corrected chi connectivity index (χ1v) is 6.75. The Balaban J connectivity index is 2.16. The van der Waals surface area contributed by atoms with Gasteiger partial charge >= 0.3 is 5.97 Å². The molecule has 7 heteroatoms. The summed E-state index contributed by atoms with van der Waals surface area (Å²) in [6.07, 6.45) is 0. The van der Waals surface area contributed by atoms with Gasteiger partial charge in [0, 0.05) is 5.92 Å². The standard InChI is InChI=1S/C13H13BrN2O4/c1-7(2)12-15-10(16-20-12)6-19-11-8(13(17)18)4-3-5-9(11)14/h3-5,7H,6H2,1-2H3,(H,17,18). The van der Waals surface area contributed by atoms with Crippen LogP contribution in [-0.2, 0) is 6.61 Å². The van der Waals surface area contributed by atoms with Crippen LogP contribution in [0.25, 0.3) is 0 Å². The number of nitrogens with zero attached hydrogens (tertiary/aromatic N) is 2. The van der Waals surface area contributed by atoms with Crippen molar-refractivity contribution in [1.82, 2.24) is 10.1 Å². The van der Waals surface area contributed by atoms with Crippen LogP contribution in [0.1, 0.15) is 41.8 Å². The van der Waals surface area contributed by atoms with Gasteiger partial charge in [-0.05, 0) is 28.1 Å². The molecule has 0 unspecified atom stereocenters. The third-order valence-electron chi connectivity index (χ3n) is 2.52. The van der Waals surface area contributed by atoms with Gasteiger partial charge in [-0.1, -0.05) is 25.1 Å². The molecular weight excluding hydrogens is 328 g/mol. The fraction of sp³-hybridized carbons (Fsp3) is 0.308. The predicted octanol–water partition coefficient (Wildman–Crippen LogP) is 3.23. The van der Waals surface area contributed by atoms with Crippen LogP contribution in [0.5, 0.6) is 5.75 Å². The summed E-state index contributed by atoms with van der Waals surface area (Å²) < 4.78 is 11.1. The summed E-state index contributed by atoms with van der Waals surface area (Å²) in [7, 11) is 0. The summed E-state index contributed by atoms with van der Waals surface area (Å²) in [5, 5.41) is 12.9. The minimum absolute atomic E-state index is 0.0408. The van der Waals surface area contributed by atoms with Crippen LogP contribution in [-0.4, -0.2) is 21.2 Å². The average Bonchev–Trinajstić information content (AvgIpc) is 2.86. The van der Waals surface area contributed by atoms with Crippen molar-refractivity contribution >= 4 is 21.9 Å². The Morgan fingerprint density at radius 1 is 1.50 bits per heavy atom. The van der Waals surface area contributed by atoms with Crippen LogP contribution < -0.4 is 4.74 Å². The van der Waals surface area contributed by atoms with Gasteiger partial charge in [-0.3, -0.25) is 0 Å². The van der Waals surface area contributed by atoms with E-state index in [9.17, 15) is 4.79 Å². The molecule has 2 aromatic rings. The zero-order chi connectivity index (χ0) is 14.7. The number of halogens is 1. The normalized spacial score (nSPS) is 10.8. The van der Waals surface area contributed by atoms with Crippen molar-refractivity contribution in [3.8, 4) is 5.75 Å². The van der Waals surface area contributed by atoms with E-state index >= 15 is 0 Å². The molecule has 1 aromatic carbocycles. The van der Waals surface area contributed by atoms with E-state index in [1.165, 1.54) is 6.07 Å². The van der Waals surface area contributed by atoms with E-state index in [1.807, 2.05) is 13.8 Å². The van der Waals surface area contributed by atoms with Crippen molar-refractivity contribution in [2.75, 3.05) is 0 Å². The van der Waals surface area contributed by atoms with Gasteiger partial charge in [0.1, 0.15) is 11.3 Å². The van der Waals surface area contributed by atoms with E-state index in [1.54, 1.807) is 12.1 Å². The lowest BCUT2D eigenvalue weighted by Gasteiger charge is -2.09. The molecule has 0 saturated heterocycles. The van der Waals surface area contributed by atoms with Crippen LogP contribution in [0.2, 0.25) is 0 Å². The number of carbonyl (C=O) groups is 1. The lowest BCUT2D eigenvalue weighted by molar-refractivity contribution is 0.0691. The SMILES string of the molecule is CC(C)c1nc(COc2c(Br)cccc2C(=O)O)no1. The quantitative estimate of drug-likeness (QED) is 0.899. The summed E-state index contributed by atoms with van der Waals surface area (Å²) in [4.78, 5) is 15.3. The van der Waals surface area contributed by atoms with E-state index in [-0.39, 0.29) is 23.8 Å². The summed E-state index contributed by atoms with van der Waals surface area (Å²) in [5.74, 6) is 0.220. The fourth-order valence-electron chi connectivity index (χ4n) is 1.52. The number of ether oxygens (including phenoxy) is 1. The minimum atomic E-state index is -1.06. The third kappa shape index (κ3) is 3.16. The molecule has 0 radical (unpaired) electrons. The fourth-order valence-corrected chi connectivity index (χ4v) is 2.00. The molecule has 0 aliphatic heterocycles. The number of benzene rings is 1. The molecule has 0 fully saturated rings. The maximum absolute atomic E-state index is 11.1. The average molecular weight is 341 g/mol. The first-order valence-electron chi connectivity index (χ1n) is 5.96. The van der Waals surface area contributed by atoms with Gasteiger partial charge in [-0.25, -0.2) is 4.79 Å². The molecule has 1 heterocycles. The van der Waals surface area contributed by atoms with Crippen LogP contribution in [0.15, 0.2) is 27.2 Å². The molecule has 20 heavy (non-hydrogen) atoms. The van der Waals surface area contributed by atoms with Crippen LogP contribution in [0, 0.1) is 0 Å². The number of aromatic carboxylic acids is 1. The first-order chi connectivity index (χ1) is 9.49. The molecule has 0 atom stereocenters. The number of hydrogen-bond acceptors (Lipinski definition) is 5. The lowest BCUT2D eigenvalue weighted by Crippen LogP contribution is -2.05. The number of rotatable bonds is 5. The Morgan fingerprint density at radius 2 is 2.25 bits per heavy atom. The molecule has 2 rings (SSSR count). The first kappa shape index (κ1) is 14.5. The van der Waals surface area contributed by atoms with Crippen LogP contribution in [0.3, 0.4) is 0 Å². The van der Waals surface area contributed by atoms with Gasteiger partial charge in [-0.2, -0.15) is 4.98 Å². The number of hydrogen-bond donors (Lipinski definition) is 1. The number of carboxylic acids is 1. The molecule has 0 aliphatic rings. The second-order valence-electron chi connectivity index (χ2n) is 4.41. The molecule has 1 aromatic heterocycles. The van der Waals surface area contributed by atoms with Crippen LogP contribution >= 0.6 is 15.9 Å².